The van der Waals surface area contributed by atoms with Crippen LogP contribution in [0.5, 0.6) is 11.6 Å². The molecule has 0 amide bonds. The van der Waals surface area contributed by atoms with Crippen LogP contribution in [0.15, 0.2) is 30.7 Å². The van der Waals surface area contributed by atoms with E-state index in [9.17, 15) is 4.21 Å². The highest BCUT2D eigenvalue weighted by Crippen LogP contribution is 2.35. The van der Waals surface area contributed by atoms with Crippen molar-refractivity contribution in [3.63, 3.8) is 0 Å². The first-order chi connectivity index (χ1) is 14.3. The summed E-state index contributed by atoms with van der Waals surface area (Å²) in [5, 5.41) is 0.894. The van der Waals surface area contributed by atoms with Crippen LogP contribution in [-0.4, -0.2) is 57.7 Å². The summed E-state index contributed by atoms with van der Waals surface area (Å²) in [5.41, 5.74) is 3.79. The van der Waals surface area contributed by atoms with E-state index in [1.54, 1.807) is 12.5 Å². The molecule has 9 heteroatoms. The van der Waals surface area contributed by atoms with Crippen molar-refractivity contribution in [3.8, 4) is 22.8 Å². The van der Waals surface area contributed by atoms with Gasteiger partial charge in [-0.1, -0.05) is 0 Å². The number of methoxy groups -OCH3 is 1. The van der Waals surface area contributed by atoms with Crippen molar-refractivity contribution in [3.05, 3.63) is 36.4 Å². The molecule has 0 bridgehead atoms. The molecule has 8 nitrogen and oxygen atoms in total. The highest BCUT2D eigenvalue weighted by molar-refractivity contribution is 8.00. The minimum atomic E-state index is -2.50. The van der Waals surface area contributed by atoms with Crippen LogP contribution in [0.3, 0.4) is 0 Å². The Kier molecular flexibility index (Phi) is 5.48. The fourth-order valence-corrected chi connectivity index (χ4v) is 3.99. The number of rotatable bonds is 6. The third-order valence-electron chi connectivity index (χ3n) is 4.79. The minimum absolute atomic E-state index is 0.0131. The molecule has 1 aliphatic heterocycles. The van der Waals surface area contributed by atoms with Crippen molar-refractivity contribution in [2.75, 3.05) is 31.3 Å². The monoisotopic (exact) mass is 428 g/mol. The molecule has 158 valence electrons. The summed E-state index contributed by atoms with van der Waals surface area (Å²) in [6.45, 7) is 3.18. The van der Waals surface area contributed by atoms with Crippen molar-refractivity contribution in [1.82, 2.24) is 15.0 Å². The molecule has 30 heavy (non-hydrogen) atoms. The predicted octanol–water partition coefficient (Wildman–Crippen LogP) is 2.85. The standard InChI is InChI=1S/C21H24N4O4S/c1-13-17-7-14(15-8-18(25-30(3,4)26)21(27-2)22-10-15)9-19(20(17)24-12-23-13)29-16-5-6-28-11-16/h7-10,12,16H,3,5-6,11H2,1-2,4H3,(H,25,26)/t16-,30?/m1/s1. The van der Waals surface area contributed by atoms with Crippen LogP contribution in [0.25, 0.3) is 22.0 Å². The number of aromatic nitrogens is 3. The number of hydrogen-bond acceptors (Lipinski definition) is 7. The first-order valence-corrected chi connectivity index (χ1v) is 11.6. The summed E-state index contributed by atoms with van der Waals surface area (Å²) in [7, 11) is -0.989. The van der Waals surface area contributed by atoms with Crippen LogP contribution < -0.4 is 14.2 Å². The Morgan fingerprint density at radius 3 is 2.77 bits per heavy atom. The third kappa shape index (κ3) is 4.31. The van der Waals surface area contributed by atoms with Gasteiger partial charge in [0.1, 0.15) is 29.4 Å². The van der Waals surface area contributed by atoms with Gasteiger partial charge in [0.15, 0.2) is 0 Å². The molecule has 4 rings (SSSR count). The van der Waals surface area contributed by atoms with E-state index in [0.717, 1.165) is 34.1 Å². The topological polar surface area (TPSA) is 95.5 Å². The number of anilines is 1. The highest BCUT2D eigenvalue weighted by Gasteiger charge is 2.20. The zero-order valence-corrected chi connectivity index (χ0v) is 18.0. The number of pyridine rings is 1. The van der Waals surface area contributed by atoms with Crippen LogP contribution in [-0.2, 0) is 14.4 Å². The van der Waals surface area contributed by atoms with E-state index in [1.165, 1.54) is 13.4 Å². The zero-order valence-electron chi connectivity index (χ0n) is 17.2. The normalized spacial score (nSPS) is 18.2. The average Bonchev–Trinajstić information content (AvgIpc) is 3.20. The second-order valence-corrected chi connectivity index (χ2v) is 9.54. The first-order valence-electron chi connectivity index (χ1n) is 9.48. The number of hydrogen-bond donors (Lipinski definition) is 1. The van der Waals surface area contributed by atoms with Crippen molar-refractivity contribution in [2.24, 2.45) is 0 Å². The molecule has 3 heterocycles. The van der Waals surface area contributed by atoms with Gasteiger partial charge in [-0.15, -0.1) is 0 Å². The molecule has 0 radical (unpaired) electrons. The fourth-order valence-electron chi connectivity index (χ4n) is 3.38. The zero-order chi connectivity index (χ0) is 21.3. The molecule has 0 saturated carbocycles. The van der Waals surface area contributed by atoms with Crippen molar-refractivity contribution < 1.29 is 18.4 Å². The molecule has 0 spiro atoms. The number of aryl methyl sites for hydroxylation is 1. The Morgan fingerprint density at radius 2 is 2.07 bits per heavy atom. The summed E-state index contributed by atoms with van der Waals surface area (Å²) in [6.07, 6.45) is 5.58. The lowest BCUT2D eigenvalue weighted by Crippen LogP contribution is -2.16. The Hall–Kier alpha value is -2.91. The van der Waals surface area contributed by atoms with E-state index < -0.39 is 9.71 Å². The average molecular weight is 429 g/mol. The lowest BCUT2D eigenvalue weighted by atomic mass is 10.0. The number of nitrogens with one attached hydrogen (secondary N) is 1. The summed E-state index contributed by atoms with van der Waals surface area (Å²) in [6, 6.07) is 5.78. The van der Waals surface area contributed by atoms with Gasteiger partial charge in [0.25, 0.3) is 0 Å². The Bertz CT molecular complexity index is 1190. The van der Waals surface area contributed by atoms with Crippen LogP contribution >= 0.6 is 0 Å². The van der Waals surface area contributed by atoms with Gasteiger partial charge in [-0.3, -0.25) is 0 Å². The molecular weight excluding hydrogens is 404 g/mol. The first kappa shape index (κ1) is 20.4. The summed E-state index contributed by atoms with van der Waals surface area (Å²) in [5.74, 6) is 4.67. The van der Waals surface area contributed by atoms with E-state index in [-0.39, 0.29) is 6.10 Å². The predicted molar refractivity (Wildman–Crippen MR) is 119 cm³/mol. The van der Waals surface area contributed by atoms with Crippen LogP contribution in [0.2, 0.25) is 0 Å². The van der Waals surface area contributed by atoms with Crippen molar-refractivity contribution >= 4 is 32.2 Å². The lowest BCUT2D eigenvalue weighted by molar-refractivity contribution is 0.142. The number of nitrogens with zero attached hydrogens (tertiary/aromatic N) is 3. The smallest absolute Gasteiger partial charge is 0.238 e. The molecule has 1 aliphatic rings. The Labute approximate surface area is 175 Å². The van der Waals surface area contributed by atoms with Gasteiger partial charge < -0.3 is 18.9 Å². The Balaban J connectivity index is 1.84. The number of benzene rings is 1. The van der Waals surface area contributed by atoms with E-state index >= 15 is 0 Å². The molecule has 2 aromatic heterocycles. The number of fused-ring (bicyclic) bond motifs is 1. The maximum absolute atomic E-state index is 12.2. The minimum Gasteiger partial charge on any atom is -0.486 e. The molecule has 0 aliphatic carbocycles. The van der Waals surface area contributed by atoms with E-state index in [0.29, 0.717) is 30.5 Å². The molecule has 3 aromatic rings. The molecule has 1 aromatic carbocycles. The summed E-state index contributed by atoms with van der Waals surface area (Å²) < 4.78 is 32.0. The molecular formula is C21H24N4O4S. The van der Waals surface area contributed by atoms with Gasteiger partial charge in [-0.2, -0.15) is 0 Å². The number of ether oxygens (including phenoxy) is 3. The third-order valence-corrected chi connectivity index (χ3v) is 5.44. The van der Waals surface area contributed by atoms with E-state index in [4.69, 9.17) is 14.2 Å². The lowest BCUT2D eigenvalue weighted by Gasteiger charge is -2.17. The van der Waals surface area contributed by atoms with E-state index in [2.05, 4.69) is 25.5 Å². The van der Waals surface area contributed by atoms with Crippen LogP contribution in [0, 0.1) is 6.92 Å². The van der Waals surface area contributed by atoms with Gasteiger partial charge >= 0.3 is 0 Å². The maximum atomic E-state index is 12.2. The van der Waals surface area contributed by atoms with Gasteiger partial charge in [0.2, 0.25) is 5.88 Å². The maximum Gasteiger partial charge on any atom is 0.238 e. The second kappa shape index (κ2) is 8.08. The molecule has 2 atom stereocenters. The summed E-state index contributed by atoms with van der Waals surface area (Å²) >= 11 is 0. The molecule has 1 unspecified atom stereocenters. The SMILES string of the molecule is C=S(C)(=O)Nc1cc(-c2cc(O[C@@H]3CCOC3)c3ncnc(C)c3c2)cnc1OC. The molecule has 1 N–H and O–H groups in total. The molecule has 1 fully saturated rings. The second-order valence-electron chi connectivity index (χ2n) is 7.32. The van der Waals surface area contributed by atoms with Crippen LogP contribution in [0.1, 0.15) is 12.1 Å². The van der Waals surface area contributed by atoms with Gasteiger partial charge in [0, 0.05) is 45.2 Å². The molecule has 1 saturated heterocycles. The van der Waals surface area contributed by atoms with Crippen molar-refractivity contribution in [2.45, 2.75) is 19.4 Å². The highest BCUT2D eigenvalue weighted by atomic mass is 32.2. The quantitative estimate of drug-likeness (QED) is 0.603. The van der Waals surface area contributed by atoms with Gasteiger partial charge in [-0.05, 0) is 36.6 Å². The fraction of sp³-hybridized carbons (Fsp3) is 0.333. The Morgan fingerprint density at radius 1 is 1.23 bits per heavy atom. The largest absolute Gasteiger partial charge is 0.486 e. The van der Waals surface area contributed by atoms with Crippen molar-refractivity contribution in [1.29, 1.82) is 0 Å². The van der Waals surface area contributed by atoms with E-state index in [1.807, 2.05) is 25.1 Å². The van der Waals surface area contributed by atoms with Crippen LogP contribution in [0.4, 0.5) is 5.69 Å². The van der Waals surface area contributed by atoms with Gasteiger partial charge in [-0.25, -0.2) is 19.2 Å². The summed E-state index contributed by atoms with van der Waals surface area (Å²) in [4.78, 5) is 13.1. The van der Waals surface area contributed by atoms with Gasteiger partial charge in [0.05, 0.1) is 20.3 Å².